The zero-order valence-corrected chi connectivity index (χ0v) is 29.3. The first-order chi connectivity index (χ1) is 22.9. The smallest absolute Gasteiger partial charge is 0.282 e. The lowest BCUT2D eigenvalue weighted by Crippen LogP contribution is -2.44. The van der Waals surface area contributed by atoms with Crippen LogP contribution in [0.25, 0.3) is 22.7 Å². The van der Waals surface area contributed by atoms with Crippen molar-refractivity contribution in [2.24, 2.45) is 0 Å². The van der Waals surface area contributed by atoms with E-state index in [4.69, 9.17) is 4.74 Å². The Bertz CT molecular complexity index is 1840. The number of aromatic nitrogens is 1. The third kappa shape index (κ3) is 7.50. The fourth-order valence-corrected chi connectivity index (χ4v) is 7.69. The van der Waals surface area contributed by atoms with E-state index in [2.05, 4.69) is 158 Å². The fraction of sp³-hybridized carbons (Fsp3) is 0.293. The Balaban J connectivity index is 1.44. The summed E-state index contributed by atoms with van der Waals surface area (Å²) in [5.74, 6) is 2.08. The molecular formula is C41H48N4OS+2. The van der Waals surface area contributed by atoms with Gasteiger partial charge in [0.05, 0.1) is 51.6 Å². The lowest BCUT2D eigenvalue weighted by Gasteiger charge is -2.30. The third-order valence-corrected chi connectivity index (χ3v) is 10.3. The standard InChI is InChI=1S/C41H48N4OS/c1-6-7-25-43(26-16-27-45(3,4)31-32-17-10-8-11-18-32)40-28-33(29-41-42(2)37-21-14-15-22-39(37)47-41)36-24-23-35(46-5)30-38(36)44(40)34-19-12-9-13-20-34/h8-15,17-24,28-30H,6-7,16,25-27,31H2,1-5H3/q+2. The minimum Gasteiger partial charge on any atom is -0.497 e. The third-order valence-electron chi connectivity index (χ3n) is 9.09. The second kappa shape index (κ2) is 14.7. The molecule has 0 bridgehead atoms. The van der Waals surface area contributed by atoms with Crippen LogP contribution in [0.4, 0.5) is 11.5 Å². The minimum atomic E-state index is 0.859. The molecule has 242 valence electrons. The van der Waals surface area contributed by atoms with Crippen LogP contribution in [0.1, 0.15) is 37.3 Å². The van der Waals surface area contributed by atoms with Gasteiger partial charge in [0.1, 0.15) is 23.5 Å². The van der Waals surface area contributed by atoms with Crippen LogP contribution in [-0.4, -0.2) is 52.4 Å². The second-order valence-corrected chi connectivity index (χ2v) is 14.2. The highest BCUT2D eigenvalue weighted by atomic mass is 32.2. The second-order valence-electron chi connectivity index (χ2n) is 13.1. The summed E-state index contributed by atoms with van der Waals surface area (Å²) in [5.41, 5.74) is 6.16. The van der Waals surface area contributed by atoms with Crippen molar-refractivity contribution in [3.05, 3.63) is 125 Å². The van der Waals surface area contributed by atoms with Crippen molar-refractivity contribution >= 4 is 40.2 Å². The van der Waals surface area contributed by atoms with Crippen LogP contribution in [0, 0.1) is 0 Å². The van der Waals surface area contributed by atoms with Gasteiger partial charge < -0.3 is 14.1 Å². The molecule has 1 aliphatic rings. The predicted molar refractivity (Wildman–Crippen MR) is 200 cm³/mol. The molecule has 0 unspecified atom stereocenters. The lowest BCUT2D eigenvalue weighted by molar-refractivity contribution is -0.903. The lowest BCUT2D eigenvalue weighted by atomic mass is 10.1. The van der Waals surface area contributed by atoms with Gasteiger partial charge in [-0.3, -0.25) is 4.90 Å². The first-order valence-corrected chi connectivity index (χ1v) is 17.6. The number of unbranched alkanes of at least 4 members (excludes halogenated alkanes) is 1. The average molecular weight is 645 g/mol. The van der Waals surface area contributed by atoms with Crippen molar-refractivity contribution in [1.82, 2.24) is 0 Å². The zero-order chi connectivity index (χ0) is 32.8. The van der Waals surface area contributed by atoms with Gasteiger partial charge in [0.25, 0.3) is 5.82 Å². The van der Waals surface area contributed by atoms with E-state index in [9.17, 15) is 0 Å². The van der Waals surface area contributed by atoms with E-state index in [1.54, 1.807) is 7.11 Å². The number of thioether (sulfide) groups is 1. The van der Waals surface area contributed by atoms with Crippen LogP contribution in [0.5, 0.6) is 5.75 Å². The molecule has 0 saturated heterocycles. The van der Waals surface area contributed by atoms with Crippen molar-refractivity contribution in [2.75, 3.05) is 57.7 Å². The van der Waals surface area contributed by atoms with Crippen LogP contribution < -0.4 is 19.1 Å². The Kier molecular flexibility index (Phi) is 10.2. The molecule has 4 aromatic carbocycles. The first-order valence-electron chi connectivity index (χ1n) is 16.8. The topological polar surface area (TPSA) is 19.6 Å². The van der Waals surface area contributed by atoms with E-state index >= 15 is 0 Å². The van der Waals surface area contributed by atoms with Crippen LogP contribution in [-0.2, 0) is 6.54 Å². The molecule has 0 saturated carbocycles. The summed E-state index contributed by atoms with van der Waals surface area (Å²) >= 11 is 1.84. The number of nitrogens with zero attached hydrogens (tertiary/aromatic N) is 4. The van der Waals surface area contributed by atoms with E-state index in [1.807, 2.05) is 11.8 Å². The number of pyridine rings is 1. The van der Waals surface area contributed by atoms with E-state index < -0.39 is 0 Å². The molecule has 6 heteroatoms. The van der Waals surface area contributed by atoms with E-state index in [-0.39, 0.29) is 0 Å². The molecule has 47 heavy (non-hydrogen) atoms. The molecule has 5 aromatic rings. The van der Waals surface area contributed by atoms with Crippen molar-refractivity contribution in [1.29, 1.82) is 0 Å². The summed E-state index contributed by atoms with van der Waals surface area (Å²) < 4.78 is 9.21. The molecule has 1 aromatic heterocycles. The van der Waals surface area contributed by atoms with Gasteiger partial charge in [0.2, 0.25) is 0 Å². The SMILES string of the molecule is CCCCN(CCC[N+](C)(C)Cc1ccccc1)c1cc(/C=C2\Sc3ccccc3N2C)c2ccc(OC)cc2[n+]1-c1ccccc1. The molecule has 5 nitrogen and oxygen atoms in total. The van der Waals surface area contributed by atoms with Crippen molar-refractivity contribution in [3.63, 3.8) is 0 Å². The molecule has 0 amide bonds. The monoisotopic (exact) mass is 644 g/mol. The minimum absolute atomic E-state index is 0.859. The molecule has 0 aliphatic carbocycles. The molecular weight excluding hydrogens is 597 g/mol. The maximum atomic E-state index is 5.81. The normalized spacial score (nSPS) is 13.7. The van der Waals surface area contributed by atoms with Gasteiger partial charge in [-0.05, 0) is 54.5 Å². The number of fused-ring (bicyclic) bond motifs is 2. The van der Waals surface area contributed by atoms with Gasteiger partial charge in [-0.15, -0.1) is 0 Å². The molecule has 0 atom stereocenters. The molecule has 2 heterocycles. The Morgan fingerprint density at radius 2 is 1.55 bits per heavy atom. The summed E-state index contributed by atoms with van der Waals surface area (Å²) in [7, 11) is 8.64. The number of anilines is 2. The molecule has 0 spiro atoms. The van der Waals surface area contributed by atoms with Crippen LogP contribution >= 0.6 is 11.8 Å². The number of hydrogen-bond acceptors (Lipinski definition) is 4. The van der Waals surface area contributed by atoms with Crippen molar-refractivity contribution in [3.8, 4) is 11.4 Å². The summed E-state index contributed by atoms with van der Waals surface area (Å²) in [6.07, 6.45) is 5.75. The Morgan fingerprint density at radius 1 is 0.851 bits per heavy atom. The number of ether oxygens (including phenoxy) is 1. The van der Waals surface area contributed by atoms with E-state index in [1.165, 1.54) is 37.9 Å². The van der Waals surface area contributed by atoms with Gasteiger partial charge in [-0.2, -0.15) is 4.57 Å². The number of rotatable bonds is 13. The van der Waals surface area contributed by atoms with Crippen molar-refractivity contribution < 1.29 is 13.8 Å². The van der Waals surface area contributed by atoms with Gasteiger partial charge in [0, 0.05) is 41.4 Å². The number of hydrogen-bond donors (Lipinski definition) is 0. The summed E-state index contributed by atoms with van der Waals surface area (Å²) in [5, 5.41) is 2.43. The molecule has 0 fully saturated rings. The maximum absolute atomic E-state index is 5.81. The summed E-state index contributed by atoms with van der Waals surface area (Å²) in [6.45, 7) is 6.40. The van der Waals surface area contributed by atoms with Gasteiger partial charge in [0.15, 0.2) is 0 Å². The number of para-hydroxylation sites is 2. The number of quaternary nitrogens is 1. The average Bonchev–Trinajstić information content (AvgIpc) is 3.40. The van der Waals surface area contributed by atoms with Gasteiger partial charge in [-0.1, -0.05) is 85.8 Å². The summed E-state index contributed by atoms with van der Waals surface area (Å²) in [4.78, 5) is 6.23. The molecule has 0 N–H and O–H groups in total. The Hall–Kier alpha value is -4.26. The number of methoxy groups -OCH3 is 1. The molecule has 6 rings (SSSR count). The number of benzene rings is 4. The van der Waals surface area contributed by atoms with E-state index in [0.29, 0.717) is 0 Å². The quantitative estimate of drug-likeness (QED) is 0.0942. The van der Waals surface area contributed by atoms with E-state index in [0.717, 1.165) is 66.9 Å². The Labute approximate surface area is 285 Å². The van der Waals surface area contributed by atoms with Crippen LogP contribution in [0.3, 0.4) is 0 Å². The van der Waals surface area contributed by atoms with Crippen LogP contribution in [0.2, 0.25) is 0 Å². The summed E-state index contributed by atoms with van der Waals surface area (Å²) in [6, 6.07) is 39.3. The largest absolute Gasteiger partial charge is 0.497 e. The molecule has 1 aliphatic heterocycles. The molecule has 0 radical (unpaired) electrons. The highest BCUT2D eigenvalue weighted by Gasteiger charge is 2.28. The highest BCUT2D eigenvalue weighted by molar-refractivity contribution is 8.03. The van der Waals surface area contributed by atoms with Gasteiger partial charge >= 0.3 is 0 Å². The van der Waals surface area contributed by atoms with Crippen molar-refractivity contribution in [2.45, 2.75) is 37.6 Å². The maximum Gasteiger partial charge on any atom is 0.282 e. The highest BCUT2D eigenvalue weighted by Crippen LogP contribution is 2.46. The first kappa shape index (κ1) is 32.7. The fourth-order valence-electron chi connectivity index (χ4n) is 6.59. The predicted octanol–water partition coefficient (Wildman–Crippen LogP) is 8.94. The van der Waals surface area contributed by atoms with Gasteiger partial charge in [-0.25, -0.2) is 0 Å². The zero-order valence-electron chi connectivity index (χ0n) is 28.5. The Morgan fingerprint density at radius 3 is 2.28 bits per heavy atom. The van der Waals surface area contributed by atoms with Crippen LogP contribution in [0.15, 0.2) is 119 Å².